The number of likely N-dealkylation sites (tertiary alicyclic amines) is 1. The molecule has 3 nitrogen and oxygen atoms in total. The summed E-state index contributed by atoms with van der Waals surface area (Å²) >= 11 is 1.54. The van der Waals surface area contributed by atoms with E-state index in [1.165, 1.54) is 42.7 Å². The van der Waals surface area contributed by atoms with Crippen molar-refractivity contribution in [2.75, 3.05) is 26.7 Å². The number of rotatable bonds is 7. The highest BCUT2D eigenvalue weighted by atomic mass is 32.1. The second-order valence-corrected chi connectivity index (χ2v) is 8.28. The number of thiophene rings is 1. The zero-order valence-corrected chi connectivity index (χ0v) is 16.8. The Hall–Kier alpha value is -1.65. The molecule has 2 heterocycles. The average Bonchev–Trinajstić information content (AvgIpc) is 3.22. The Bertz CT molecular complexity index is 663. The lowest BCUT2D eigenvalue weighted by molar-refractivity contribution is 0.0595. The summed E-state index contributed by atoms with van der Waals surface area (Å²) in [6.07, 6.45) is 4.51. The van der Waals surface area contributed by atoms with Gasteiger partial charge in [0.2, 0.25) is 0 Å². The van der Waals surface area contributed by atoms with Crippen LogP contribution in [0.15, 0.2) is 47.8 Å². The zero-order valence-electron chi connectivity index (χ0n) is 15.9. The van der Waals surface area contributed by atoms with E-state index in [4.69, 9.17) is 0 Å². The summed E-state index contributed by atoms with van der Waals surface area (Å²) in [4.78, 5) is 18.4. The van der Waals surface area contributed by atoms with Crippen molar-refractivity contribution in [3.63, 3.8) is 0 Å². The Kier molecular flexibility index (Phi) is 6.86. The van der Waals surface area contributed by atoms with E-state index in [0.717, 1.165) is 24.4 Å². The van der Waals surface area contributed by atoms with Gasteiger partial charge in [0.05, 0.1) is 4.88 Å². The molecule has 1 saturated heterocycles. The molecule has 1 atom stereocenters. The number of hydrogen-bond donors (Lipinski definition) is 0. The highest BCUT2D eigenvalue weighted by Crippen LogP contribution is 2.28. The third-order valence-corrected chi connectivity index (χ3v) is 6.41. The molecule has 1 aliphatic rings. The molecule has 1 fully saturated rings. The number of piperidine rings is 1. The quantitative estimate of drug-likeness (QED) is 0.714. The first-order valence-electron chi connectivity index (χ1n) is 9.76. The number of hydrogen-bond acceptors (Lipinski definition) is 3. The number of benzene rings is 1. The topological polar surface area (TPSA) is 23.6 Å². The number of carbonyl (C=O) groups is 1. The molecule has 26 heavy (non-hydrogen) atoms. The van der Waals surface area contributed by atoms with Gasteiger partial charge >= 0.3 is 0 Å². The van der Waals surface area contributed by atoms with Crippen LogP contribution < -0.4 is 0 Å². The van der Waals surface area contributed by atoms with E-state index in [0.29, 0.717) is 5.92 Å². The third kappa shape index (κ3) is 4.74. The first-order chi connectivity index (χ1) is 12.7. The van der Waals surface area contributed by atoms with Crippen LogP contribution in [0.1, 0.15) is 41.4 Å². The summed E-state index contributed by atoms with van der Waals surface area (Å²) < 4.78 is 0. The van der Waals surface area contributed by atoms with Gasteiger partial charge in [0.25, 0.3) is 5.91 Å². The summed E-state index contributed by atoms with van der Waals surface area (Å²) in [7, 11) is 1.99. The molecule has 0 spiro atoms. The second-order valence-electron chi connectivity index (χ2n) is 7.33. The maximum absolute atomic E-state index is 13.0. The summed E-state index contributed by atoms with van der Waals surface area (Å²) in [5.41, 5.74) is 1.32. The number of nitrogens with zero attached hydrogens (tertiary/aromatic N) is 2. The van der Waals surface area contributed by atoms with Crippen LogP contribution in [-0.2, 0) is 6.42 Å². The van der Waals surface area contributed by atoms with E-state index in [9.17, 15) is 4.79 Å². The fourth-order valence-corrected chi connectivity index (χ4v) is 4.78. The van der Waals surface area contributed by atoms with Crippen molar-refractivity contribution in [2.45, 2.75) is 38.6 Å². The van der Waals surface area contributed by atoms with Gasteiger partial charge in [0, 0.05) is 13.1 Å². The minimum atomic E-state index is 0.164. The first-order valence-corrected chi connectivity index (χ1v) is 10.6. The molecule has 0 N–H and O–H groups in total. The van der Waals surface area contributed by atoms with E-state index < -0.39 is 0 Å². The van der Waals surface area contributed by atoms with Gasteiger partial charge in [0.1, 0.15) is 0 Å². The van der Waals surface area contributed by atoms with Gasteiger partial charge in [-0.25, -0.2) is 0 Å². The van der Waals surface area contributed by atoms with Crippen molar-refractivity contribution in [3.8, 4) is 0 Å². The molecule has 0 radical (unpaired) electrons. The number of amides is 1. The molecule has 3 rings (SSSR count). The smallest absolute Gasteiger partial charge is 0.263 e. The van der Waals surface area contributed by atoms with Crippen molar-refractivity contribution in [2.24, 2.45) is 5.92 Å². The summed E-state index contributed by atoms with van der Waals surface area (Å²) in [6.45, 7) is 5.76. The maximum Gasteiger partial charge on any atom is 0.263 e. The lowest BCUT2D eigenvalue weighted by Crippen LogP contribution is -2.47. The molecule has 1 aromatic heterocycles. The summed E-state index contributed by atoms with van der Waals surface area (Å²) in [5.74, 6) is 0.731. The molecule has 2 aromatic rings. The van der Waals surface area contributed by atoms with Gasteiger partial charge in [-0.1, -0.05) is 43.3 Å². The van der Waals surface area contributed by atoms with Gasteiger partial charge in [-0.15, -0.1) is 11.3 Å². The molecule has 1 unspecified atom stereocenters. The Labute approximate surface area is 161 Å². The Morgan fingerprint density at radius 3 is 2.54 bits per heavy atom. The monoisotopic (exact) mass is 370 g/mol. The standard InChI is InChI=1S/C22H30N2OS/c1-3-13-24-14-11-19(12-15-24)20(17-18-8-5-4-6-9-18)23(2)22(25)21-10-7-16-26-21/h4-10,16,19-20H,3,11-15,17H2,1-2H3. The van der Waals surface area contributed by atoms with Crippen LogP contribution in [0.5, 0.6) is 0 Å². The van der Waals surface area contributed by atoms with E-state index in [2.05, 4.69) is 42.2 Å². The van der Waals surface area contributed by atoms with Crippen molar-refractivity contribution >= 4 is 17.2 Å². The first kappa shape index (κ1) is 19.1. The lowest BCUT2D eigenvalue weighted by Gasteiger charge is -2.40. The van der Waals surface area contributed by atoms with Gasteiger partial charge in [-0.3, -0.25) is 4.79 Å². The van der Waals surface area contributed by atoms with Crippen molar-refractivity contribution in [3.05, 3.63) is 58.3 Å². The predicted octanol–water partition coefficient (Wildman–Crippen LogP) is 4.55. The van der Waals surface area contributed by atoms with Crippen LogP contribution in [0.3, 0.4) is 0 Å². The third-order valence-electron chi connectivity index (χ3n) is 5.55. The van der Waals surface area contributed by atoms with Crippen LogP contribution in [0.4, 0.5) is 0 Å². The number of carbonyl (C=O) groups excluding carboxylic acids is 1. The largest absolute Gasteiger partial charge is 0.337 e. The highest BCUT2D eigenvalue weighted by Gasteiger charge is 2.32. The minimum Gasteiger partial charge on any atom is -0.337 e. The minimum absolute atomic E-state index is 0.164. The van der Waals surface area contributed by atoms with Gasteiger partial charge in [0.15, 0.2) is 0 Å². The molecule has 1 aromatic carbocycles. The Morgan fingerprint density at radius 1 is 1.19 bits per heavy atom. The molecule has 140 valence electrons. The van der Waals surface area contributed by atoms with Crippen molar-refractivity contribution in [1.29, 1.82) is 0 Å². The Morgan fingerprint density at radius 2 is 1.92 bits per heavy atom. The highest BCUT2D eigenvalue weighted by molar-refractivity contribution is 7.12. The average molecular weight is 371 g/mol. The number of likely N-dealkylation sites (N-methyl/N-ethyl adjacent to an activating group) is 1. The van der Waals surface area contributed by atoms with E-state index in [-0.39, 0.29) is 11.9 Å². The summed E-state index contributed by atoms with van der Waals surface area (Å²) in [5, 5.41) is 1.98. The normalized spacial score (nSPS) is 17.2. The van der Waals surface area contributed by atoms with Crippen LogP contribution >= 0.6 is 11.3 Å². The molecule has 0 aliphatic carbocycles. The maximum atomic E-state index is 13.0. The SMILES string of the molecule is CCCN1CCC(C(Cc2ccccc2)N(C)C(=O)c2cccs2)CC1. The lowest BCUT2D eigenvalue weighted by atomic mass is 9.85. The van der Waals surface area contributed by atoms with Crippen LogP contribution in [-0.4, -0.2) is 48.4 Å². The van der Waals surface area contributed by atoms with E-state index >= 15 is 0 Å². The molecule has 0 bridgehead atoms. The summed E-state index contributed by atoms with van der Waals surface area (Å²) in [6, 6.07) is 14.8. The van der Waals surface area contributed by atoms with E-state index in [1.54, 1.807) is 0 Å². The molecular weight excluding hydrogens is 340 g/mol. The van der Waals surface area contributed by atoms with Crippen molar-refractivity contribution in [1.82, 2.24) is 9.80 Å². The predicted molar refractivity (Wildman–Crippen MR) is 110 cm³/mol. The van der Waals surface area contributed by atoms with Gasteiger partial charge in [-0.05, 0) is 68.2 Å². The fourth-order valence-electron chi connectivity index (χ4n) is 4.08. The van der Waals surface area contributed by atoms with Crippen LogP contribution in [0, 0.1) is 5.92 Å². The van der Waals surface area contributed by atoms with Crippen LogP contribution in [0.25, 0.3) is 0 Å². The fraction of sp³-hybridized carbons (Fsp3) is 0.500. The molecular formula is C22H30N2OS. The van der Waals surface area contributed by atoms with Crippen LogP contribution in [0.2, 0.25) is 0 Å². The zero-order chi connectivity index (χ0) is 18.4. The molecule has 1 aliphatic heterocycles. The molecule has 1 amide bonds. The van der Waals surface area contributed by atoms with Gasteiger partial charge in [-0.2, -0.15) is 0 Å². The van der Waals surface area contributed by atoms with Gasteiger partial charge < -0.3 is 9.80 Å². The Balaban J connectivity index is 1.74. The second kappa shape index (κ2) is 9.33. The van der Waals surface area contributed by atoms with E-state index in [1.807, 2.05) is 29.5 Å². The molecule has 4 heteroatoms. The van der Waals surface area contributed by atoms with Crippen molar-refractivity contribution < 1.29 is 4.79 Å². The molecule has 0 saturated carbocycles.